The summed E-state index contributed by atoms with van der Waals surface area (Å²) in [6.45, 7) is 3.46. The van der Waals surface area contributed by atoms with Crippen molar-refractivity contribution in [2.24, 2.45) is 0 Å². The second-order valence-electron chi connectivity index (χ2n) is 10.2. The van der Waals surface area contributed by atoms with Crippen LogP contribution in [0.3, 0.4) is 0 Å². The highest BCUT2D eigenvalue weighted by molar-refractivity contribution is 7.92. The largest absolute Gasteiger partial charge is 0.352 e. The van der Waals surface area contributed by atoms with Gasteiger partial charge in [0.25, 0.3) is 0 Å². The van der Waals surface area contributed by atoms with Crippen molar-refractivity contribution < 1.29 is 26.8 Å². The molecule has 0 aliphatic heterocycles. The lowest BCUT2D eigenvalue weighted by atomic mass is 10.0. The first-order valence-electron chi connectivity index (χ1n) is 13.3. The van der Waals surface area contributed by atoms with E-state index >= 15 is 0 Å². The standard InChI is InChI=1S/C30H33Cl2F2N3O4S/c1-20(2)35-30(39)28(16-21-8-5-4-6-9-21)36(19-22-11-12-23(31)17-25(22)32)29(38)10-7-15-37(42(3,40)41)24-13-14-26(33)27(34)18-24/h4-6,8-9,11-14,17-18,20,28H,7,10,15-16,19H2,1-3H3,(H,35,39)/t28-/m0/s1. The number of anilines is 1. The van der Waals surface area contributed by atoms with Gasteiger partial charge in [-0.05, 0) is 55.7 Å². The van der Waals surface area contributed by atoms with Gasteiger partial charge in [-0.25, -0.2) is 17.2 Å². The molecule has 0 saturated carbocycles. The van der Waals surface area contributed by atoms with Gasteiger partial charge in [0.1, 0.15) is 6.04 Å². The molecule has 0 bridgehead atoms. The van der Waals surface area contributed by atoms with E-state index in [1.807, 2.05) is 44.2 Å². The quantitative estimate of drug-likeness (QED) is 0.249. The maximum absolute atomic E-state index is 13.9. The van der Waals surface area contributed by atoms with Gasteiger partial charge in [-0.3, -0.25) is 13.9 Å². The topological polar surface area (TPSA) is 86.8 Å². The predicted molar refractivity (Wildman–Crippen MR) is 162 cm³/mol. The van der Waals surface area contributed by atoms with Crippen molar-refractivity contribution in [3.8, 4) is 0 Å². The second-order valence-corrected chi connectivity index (χ2v) is 12.9. The average molecular weight is 641 g/mol. The molecule has 0 heterocycles. The fraction of sp³-hybridized carbons (Fsp3) is 0.333. The molecule has 7 nitrogen and oxygen atoms in total. The Balaban J connectivity index is 1.91. The number of rotatable bonds is 13. The summed E-state index contributed by atoms with van der Waals surface area (Å²) < 4.78 is 53.2. The van der Waals surface area contributed by atoms with E-state index < -0.39 is 33.6 Å². The van der Waals surface area contributed by atoms with E-state index in [0.29, 0.717) is 15.6 Å². The van der Waals surface area contributed by atoms with Gasteiger partial charge in [0.2, 0.25) is 21.8 Å². The highest BCUT2D eigenvalue weighted by Crippen LogP contribution is 2.25. The Morgan fingerprint density at radius 3 is 2.24 bits per heavy atom. The molecular weight excluding hydrogens is 607 g/mol. The van der Waals surface area contributed by atoms with Gasteiger partial charge >= 0.3 is 0 Å². The lowest BCUT2D eigenvalue weighted by Gasteiger charge is -2.32. The van der Waals surface area contributed by atoms with Crippen LogP contribution in [-0.2, 0) is 32.6 Å². The number of halogens is 4. The van der Waals surface area contributed by atoms with Crippen LogP contribution >= 0.6 is 23.2 Å². The second kappa shape index (κ2) is 14.8. The molecule has 1 atom stereocenters. The summed E-state index contributed by atoms with van der Waals surface area (Å²) in [5, 5.41) is 3.63. The number of carbonyl (C=O) groups excluding carboxylic acids is 2. The van der Waals surface area contributed by atoms with Crippen molar-refractivity contribution in [2.45, 2.75) is 51.7 Å². The summed E-state index contributed by atoms with van der Waals surface area (Å²) >= 11 is 12.5. The van der Waals surface area contributed by atoms with Gasteiger partial charge in [-0.15, -0.1) is 0 Å². The molecule has 3 aromatic rings. The minimum atomic E-state index is -3.88. The highest BCUT2D eigenvalue weighted by Gasteiger charge is 2.31. The lowest BCUT2D eigenvalue weighted by molar-refractivity contribution is -0.141. The molecule has 0 aliphatic rings. The summed E-state index contributed by atoms with van der Waals surface area (Å²) in [5.74, 6) is -3.07. The first-order chi connectivity index (χ1) is 19.8. The minimum absolute atomic E-state index is 0.00316. The summed E-state index contributed by atoms with van der Waals surface area (Å²) in [6.07, 6.45) is 1.07. The first-order valence-corrected chi connectivity index (χ1v) is 15.9. The summed E-state index contributed by atoms with van der Waals surface area (Å²) in [4.78, 5) is 28.7. The van der Waals surface area contributed by atoms with Crippen molar-refractivity contribution in [1.82, 2.24) is 10.2 Å². The monoisotopic (exact) mass is 639 g/mol. The molecule has 42 heavy (non-hydrogen) atoms. The van der Waals surface area contributed by atoms with E-state index in [4.69, 9.17) is 23.2 Å². The molecule has 0 fully saturated rings. The van der Waals surface area contributed by atoms with Crippen LogP contribution < -0.4 is 9.62 Å². The molecule has 0 aliphatic carbocycles. The van der Waals surface area contributed by atoms with Crippen LogP contribution in [0.2, 0.25) is 10.0 Å². The van der Waals surface area contributed by atoms with Gasteiger partial charge < -0.3 is 10.2 Å². The number of sulfonamides is 1. The molecule has 12 heteroatoms. The predicted octanol–water partition coefficient (Wildman–Crippen LogP) is 5.98. The Labute approximate surface area is 255 Å². The third kappa shape index (κ3) is 9.40. The van der Waals surface area contributed by atoms with E-state index in [2.05, 4.69) is 5.32 Å². The maximum Gasteiger partial charge on any atom is 0.243 e. The molecule has 1 N–H and O–H groups in total. The highest BCUT2D eigenvalue weighted by atomic mass is 35.5. The fourth-order valence-corrected chi connectivity index (χ4v) is 5.84. The van der Waals surface area contributed by atoms with E-state index in [9.17, 15) is 26.8 Å². The Hall–Kier alpha value is -3.21. The van der Waals surface area contributed by atoms with Crippen molar-refractivity contribution in [1.29, 1.82) is 0 Å². The summed E-state index contributed by atoms with van der Waals surface area (Å²) in [5.41, 5.74) is 1.35. The van der Waals surface area contributed by atoms with Gasteiger partial charge in [-0.1, -0.05) is 59.6 Å². The molecular formula is C30H33Cl2F2N3O4S. The third-order valence-corrected chi connectivity index (χ3v) is 8.18. The van der Waals surface area contributed by atoms with E-state index in [1.165, 1.54) is 4.90 Å². The van der Waals surface area contributed by atoms with Crippen LogP contribution in [0.1, 0.15) is 37.8 Å². The number of nitrogens with one attached hydrogen (secondary N) is 1. The van der Waals surface area contributed by atoms with Crippen LogP contribution in [0.4, 0.5) is 14.5 Å². The molecule has 3 aromatic carbocycles. The molecule has 3 rings (SSSR count). The molecule has 0 aromatic heterocycles. The zero-order chi connectivity index (χ0) is 31.0. The summed E-state index contributed by atoms with van der Waals surface area (Å²) in [7, 11) is -3.88. The Kier molecular flexibility index (Phi) is 11.7. The van der Waals surface area contributed by atoms with E-state index in [0.717, 1.165) is 34.3 Å². The third-order valence-electron chi connectivity index (χ3n) is 6.40. The Morgan fingerprint density at radius 2 is 1.64 bits per heavy atom. The maximum atomic E-state index is 13.9. The van der Waals surface area contributed by atoms with Gasteiger partial charge in [0.15, 0.2) is 11.6 Å². The SMILES string of the molecule is CC(C)NC(=O)[C@H](Cc1ccccc1)N(Cc1ccc(Cl)cc1Cl)C(=O)CCCN(c1ccc(F)c(F)c1)S(C)(=O)=O. The molecule has 0 unspecified atom stereocenters. The van der Waals surface area contributed by atoms with Crippen LogP contribution in [0.25, 0.3) is 0 Å². The molecule has 226 valence electrons. The van der Waals surface area contributed by atoms with Gasteiger partial charge in [0, 0.05) is 48.1 Å². The number of hydrogen-bond donors (Lipinski definition) is 1. The molecule has 2 amide bonds. The molecule has 0 spiro atoms. The lowest BCUT2D eigenvalue weighted by Crippen LogP contribution is -2.51. The smallest absolute Gasteiger partial charge is 0.243 e. The number of amides is 2. The number of hydrogen-bond acceptors (Lipinski definition) is 4. The van der Waals surface area contributed by atoms with E-state index in [1.54, 1.807) is 18.2 Å². The number of benzene rings is 3. The number of carbonyl (C=O) groups is 2. The van der Waals surface area contributed by atoms with Crippen molar-refractivity contribution in [3.63, 3.8) is 0 Å². The zero-order valence-electron chi connectivity index (χ0n) is 23.5. The van der Waals surface area contributed by atoms with Crippen molar-refractivity contribution >= 4 is 50.7 Å². The van der Waals surface area contributed by atoms with Gasteiger partial charge in [-0.2, -0.15) is 0 Å². The minimum Gasteiger partial charge on any atom is -0.352 e. The first kappa shape index (κ1) is 33.3. The summed E-state index contributed by atoms with van der Waals surface area (Å²) in [6, 6.07) is 15.8. The van der Waals surface area contributed by atoms with Crippen LogP contribution in [-0.4, -0.2) is 50.0 Å². The molecule has 0 radical (unpaired) electrons. The van der Waals surface area contributed by atoms with Crippen LogP contribution in [0, 0.1) is 11.6 Å². The average Bonchev–Trinajstić information content (AvgIpc) is 2.90. The fourth-order valence-electron chi connectivity index (χ4n) is 4.41. The molecule has 0 saturated heterocycles. The number of nitrogens with zero attached hydrogens (tertiary/aromatic N) is 2. The zero-order valence-corrected chi connectivity index (χ0v) is 25.8. The van der Waals surface area contributed by atoms with Crippen molar-refractivity contribution in [2.75, 3.05) is 17.1 Å². The van der Waals surface area contributed by atoms with Crippen LogP contribution in [0.15, 0.2) is 66.7 Å². The Bertz CT molecular complexity index is 1510. The van der Waals surface area contributed by atoms with Crippen molar-refractivity contribution in [3.05, 3.63) is 99.5 Å². The normalized spacial score (nSPS) is 12.2. The van der Waals surface area contributed by atoms with Gasteiger partial charge in [0.05, 0.1) is 11.9 Å². The van der Waals surface area contributed by atoms with Crippen LogP contribution in [0.5, 0.6) is 0 Å². The Morgan fingerprint density at radius 1 is 0.952 bits per heavy atom. The van der Waals surface area contributed by atoms with E-state index in [-0.39, 0.29) is 50.0 Å².